The van der Waals surface area contributed by atoms with Gasteiger partial charge in [-0.1, -0.05) is 36.4 Å². The van der Waals surface area contributed by atoms with Crippen LogP contribution in [0, 0.1) is 6.92 Å². The number of carboxylic acids is 1. The Kier molecular flexibility index (Phi) is 5.35. The van der Waals surface area contributed by atoms with Crippen LogP contribution in [-0.4, -0.2) is 17.6 Å². The van der Waals surface area contributed by atoms with Gasteiger partial charge in [-0.3, -0.25) is 4.79 Å². The van der Waals surface area contributed by atoms with Crippen LogP contribution in [0.3, 0.4) is 0 Å². The molecule has 0 spiro atoms. The summed E-state index contributed by atoms with van der Waals surface area (Å²) in [6, 6.07) is 15.8. The number of benzene rings is 2. The summed E-state index contributed by atoms with van der Waals surface area (Å²) in [7, 11) is 0. The molecule has 0 bridgehead atoms. The van der Waals surface area contributed by atoms with Gasteiger partial charge in [-0.05, 0) is 35.7 Å². The summed E-state index contributed by atoms with van der Waals surface area (Å²) in [5, 5.41) is 11.5. The monoisotopic (exact) mass is 285 g/mol. The minimum atomic E-state index is -0.859. The van der Waals surface area contributed by atoms with Gasteiger partial charge < -0.3 is 15.2 Å². The molecule has 0 saturated heterocycles. The summed E-state index contributed by atoms with van der Waals surface area (Å²) < 4.78 is 5.80. The number of nitrogens with one attached hydrogen (secondary N) is 1. The second kappa shape index (κ2) is 7.45. The van der Waals surface area contributed by atoms with E-state index in [0.717, 1.165) is 16.9 Å². The van der Waals surface area contributed by atoms with E-state index in [1.54, 1.807) is 0 Å². The van der Waals surface area contributed by atoms with E-state index in [-0.39, 0.29) is 6.54 Å². The second-order valence-corrected chi connectivity index (χ2v) is 4.86. The number of rotatable bonds is 7. The van der Waals surface area contributed by atoms with Crippen molar-refractivity contribution < 1.29 is 14.6 Å². The molecular weight excluding hydrogens is 266 g/mol. The van der Waals surface area contributed by atoms with Gasteiger partial charge in [-0.15, -0.1) is 0 Å². The summed E-state index contributed by atoms with van der Waals surface area (Å²) in [5.74, 6) is -0.0742. The molecule has 4 nitrogen and oxygen atoms in total. The number of ether oxygens (including phenoxy) is 1. The largest absolute Gasteiger partial charge is 0.489 e. The van der Waals surface area contributed by atoms with E-state index in [0.29, 0.717) is 13.2 Å². The molecule has 0 amide bonds. The molecule has 21 heavy (non-hydrogen) atoms. The highest BCUT2D eigenvalue weighted by molar-refractivity contribution is 5.69. The van der Waals surface area contributed by atoms with Crippen molar-refractivity contribution in [2.45, 2.75) is 20.1 Å². The fourth-order valence-electron chi connectivity index (χ4n) is 1.99. The molecule has 2 N–H and O–H groups in total. The van der Waals surface area contributed by atoms with Crippen LogP contribution in [0.4, 0.5) is 0 Å². The Hall–Kier alpha value is -2.33. The van der Waals surface area contributed by atoms with Crippen LogP contribution in [0.2, 0.25) is 0 Å². The summed E-state index contributed by atoms with van der Waals surface area (Å²) >= 11 is 0. The molecule has 0 aliphatic rings. The summed E-state index contributed by atoms with van der Waals surface area (Å²) in [6.07, 6.45) is 0. The van der Waals surface area contributed by atoms with Crippen molar-refractivity contribution in [3.8, 4) is 5.75 Å². The molecule has 2 aromatic rings. The highest BCUT2D eigenvalue weighted by Crippen LogP contribution is 2.16. The minimum absolute atomic E-state index is 0.0473. The number of aryl methyl sites for hydroxylation is 1. The standard InChI is InChI=1S/C17H19NO3/c1-13-5-2-3-7-15(13)12-21-16-8-4-6-14(9-16)10-18-11-17(19)20/h2-9,18H,10-12H2,1H3,(H,19,20). The molecule has 2 rings (SSSR count). The summed E-state index contributed by atoms with van der Waals surface area (Å²) in [6.45, 7) is 3.05. The Labute approximate surface area is 124 Å². The average Bonchev–Trinajstić information content (AvgIpc) is 2.46. The first kappa shape index (κ1) is 15.1. The summed E-state index contributed by atoms with van der Waals surface area (Å²) in [5.41, 5.74) is 3.36. The number of carbonyl (C=O) groups is 1. The van der Waals surface area contributed by atoms with Crippen LogP contribution in [0.25, 0.3) is 0 Å². The molecule has 0 fully saturated rings. The number of hydrogen-bond donors (Lipinski definition) is 2. The van der Waals surface area contributed by atoms with Crippen molar-refractivity contribution in [3.05, 3.63) is 65.2 Å². The minimum Gasteiger partial charge on any atom is -0.489 e. The molecule has 2 aromatic carbocycles. The fourth-order valence-corrected chi connectivity index (χ4v) is 1.99. The average molecular weight is 285 g/mol. The number of aliphatic carboxylic acids is 1. The van der Waals surface area contributed by atoms with Gasteiger partial charge in [0.2, 0.25) is 0 Å². The van der Waals surface area contributed by atoms with E-state index in [2.05, 4.69) is 18.3 Å². The van der Waals surface area contributed by atoms with Crippen LogP contribution < -0.4 is 10.1 Å². The molecule has 110 valence electrons. The molecule has 0 unspecified atom stereocenters. The topological polar surface area (TPSA) is 58.6 Å². The molecule has 0 aromatic heterocycles. The van der Waals surface area contributed by atoms with Crippen molar-refractivity contribution in [2.75, 3.05) is 6.54 Å². The zero-order valence-corrected chi connectivity index (χ0v) is 12.0. The number of hydrogen-bond acceptors (Lipinski definition) is 3. The molecule has 4 heteroatoms. The van der Waals surface area contributed by atoms with Gasteiger partial charge in [-0.2, -0.15) is 0 Å². The lowest BCUT2D eigenvalue weighted by Crippen LogP contribution is -2.21. The predicted molar refractivity (Wildman–Crippen MR) is 81.3 cm³/mol. The zero-order valence-electron chi connectivity index (χ0n) is 12.0. The quantitative estimate of drug-likeness (QED) is 0.821. The van der Waals surface area contributed by atoms with Crippen LogP contribution in [0.15, 0.2) is 48.5 Å². The molecule has 0 aliphatic carbocycles. The van der Waals surface area contributed by atoms with Crippen molar-refractivity contribution in [1.82, 2.24) is 5.32 Å². The molecule has 0 aliphatic heterocycles. The maximum absolute atomic E-state index is 10.5. The van der Waals surface area contributed by atoms with E-state index in [1.807, 2.05) is 42.5 Å². The zero-order chi connectivity index (χ0) is 15.1. The molecule has 0 saturated carbocycles. The van der Waals surface area contributed by atoms with Gasteiger partial charge in [0.15, 0.2) is 0 Å². The summed E-state index contributed by atoms with van der Waals surface area (Å²) in [4.78, 5) is 10.5. The lowest BCUT2D eigenvalue weighted by Gasteiger charge is -2.10. The SMILES string of the molecule is Cc1ccccc1COc1cccc(CNCC(=O)O)c1. The van der Waals surface area contributed by atoms with Gasteiger partial charge in [0.1, 0.15) is 12.4 Å². The molecule has 0 atom stereocenters. The lowest BCUT2D eigenvalue weighted by molar-refractivity contribution is -0.135. The fraction of sp³-hybridized carbons (Fsp3) is 0.235. The van der Waals surface area contributed by atoms with Gasteiger partial charge in [0, 0.05) is 6.54 Å². The lowest BCUT2D eigenvalue weighted by atomic mass is 10.1. The Morgan fingerprint density at radius 3 is 2.76 bits per heavy atom. The Balaban J connectivity index is 1.92. The maximum atomic E-state index is 10.5. The van der Waals surface area contributed by atoms with E-state index < -0.39 is 5.97 Å². The van der Waals surface area contributed by atoms with Gasteiger partial charge in [-0.25, -0.2) is 0 Å². The Morgan fingerprint density at radius 2 is 2.00 bits per heavy atom. The number of carboxylic acid groups (broad SMARTS) is 1. The molecule has 0 heterocycles. The van der Waals surface area contributed by atoms with E-state index in [4.69, 9.17) is 9.84 Å². The highest BCUT2D eigenvalue weighted by Gasteiger charge is 2.01. The first-order valence-electron chi connectivity index (χ1n) is 6.84. The third-order valence-corrected chi connectivity index (χ3v) is 3.16. The molecular formula is C17H19NO3. The Bertz CT molecular complexity index is 610. The first-order chi connectivity index (χ1) is 10.1. The maximum Gasteiger partial charge on any atom is 0.317 e. The van der Waals surface area contributed by atoms with Crippen LogP contribution in [0.1, 0.15) is 16.7 Å². The van der Waals surface area contributed by atoms with Crippen LogP contribution in [-0.2, 0) is 17.9 Å². The second-order valence-electron chi connectivity index (χ2n) is 4.86. The van der Waals surface area contributed by atoms with E-state index >= 15 is 0 Å². The Morgan fingerprint density at radius 1 is 1.19 bits per heavy atom. The van der Waals surface area contributed by atoms with Crippen molar-refractivity contribution in [3.63, 3.8) is 0 Å². The smallest absolute Gasteiger partial charge is 0.317 e. The van der Waals surface area contributed by atoms with Gasteiger partial charge in [0.25, 0.3) is 0 Å². The molecule has 0 radical (unpaired) electrons. The van der Waals surface area contributed by atoms with Crippen molar-refractivity contribution in [2.24, 2.45) is 0 Å². The first-order valence-corrected chi connectivity index (χ1v) is 6.84. The predicted octanol–water partition coefficient (Wildman–Crippen LogP) is 2.75. The third kappa shape index (κ3) is 4.93. The van der Waals surface area contributed by atoms with Crippen LogP contribution in [0.5, 0.6) is 5.75 Å². The van der Waals surface area contributed by atoms with Crippen molar-refractivity contribution in [1.29, 1.82) is 0 Å². The third-order valence-electron chi connectivity index (χ3n) is 3.16. The van der Waals surface area contributed by atoms with Gasteiger partial charge in [0.05, 0.1) is 6.54 Å². The van der Waals surface area contributed by atoms with Gasteiger partial charge >= 0.3 is 5.97 Å². The van der Waals surface area contributed by atoms with Crippen molar-refractivity contribution >= 4 is 5.97 Å². The highest BCUT2D eigenvalue weighted by atomic mass is 16.5. The van der Waals surface area contributed by atoms with E-state index in [9.17, 15) is 4.79 Å². The normalized spacial score (nSPS) is 10.3. The van der Waals surface area contributed by atoms with E-state index in [1.165, 1.54) is 5.56 Å². The van der Waals surface area contributed by atoms with Crippen LogP contribution >= 0.6 is 0 Å².